The van der Waals surface area contributed by atoms with Crippen molar-refractivity contribution in [3.63, 3.8) is 0 Å². The van der Waals surface area contributed by atoms with Crippen molar-refractivity contribution in [1.29, 1.82) is 0 Å². The summed E-state index contributed by atoms with van der Waals surface area (Å²) >= 11 is 0. The van der Waals surface area contributed by atoms with Crippen molar-refractivity contribution in [2.45, 2.75) is 13.3 Å². The number of rotatable bonds is 4. The Morgan fingerprint density at radius 2 is 2.50 bits per heavy atom. The van der Waals surface area contributed by atoms with Gasteiger partial charge < -0.3 is 9.73 Å². The third-order valence-electron chi connectivity index (χ3n) is 1.77. The van der Waals surface area contributed by atoms with Crippen molar-refractivity contribution in [3.8, 4) is 0 Å². The monoisotopic (exact) mass is 165 g/mol. The highest BCUT2D eigenvalue weighted by Gasteiger charge is 1.93. The molecule has 2 heteroatoms. The van der Waals surface area contributed by atoms with Gasteiger partial charge in [0, 0.05) is 12.1 Å². The molecule has 0 aliphatic carbocycles. The quantitative estimate of drug-likeness (QED) is 0.740. The highest BCUT2D eigenvalue weighted by molar-refractivity contribution is 5.51. The van der Waals surface area contributed by atoms with E-state index in [0.29, 0.717) is 0 Å². The van der Waals surface area contributed by atoms with Crippen LogP contribution in [0.25, 0.3) is 6.08 Å². The van der Waals surface area contributed by atoms with Gasteiger partial charge in [0.25, 0.3) is 0 Å². The first-order chi connectivity index (χ1) is 5.86. The summed E-state index contributed by atoms with van der Waals surface area (Å²) in [7, 11) is 1.96. The molecule has 0 saturated carbocycles. The Hall–Kier alpha value is -1.02. The Balaban J connectivity index is 2.64. The second-order valence-corrected chi connectivity index (χ2v) is 2.74. The van der Waals surface area contributed by atoms with Gasteiger partial charge in [-0.15, -0.1) is 0 Å². The molecule has 1 aromatic rings. The molecule has 1 aromatic heterocycles. The van der Waals surface area contributed by atoms with E-state index in [2.05, 4.69) is 18.3 Å². The number of likely N-dealkylation sites (N-methyl/N-ethyl adjacent to an activating group) is 1. The van der Waals surface area contributed by atoms with Gasteiger partial charge in [-0.2, -0.15) is 0 Å². The minimum Gasteiger partial charge on any atom is -0.472 e. The molecule has 1 heterocycles. The van der Waals surface area contributed by atoms with Crippen LogP contribution >= 0.6 is 0 Å². The molecular weight excluding hydrogens is 150 g/mol. The zero-order valence-corrected chi connectivity index (χ0v) is 7.63. The SMILES string of the molecule is CCC(=Cc1ccoc1)CNC. The first kappa shape index (κ1) is 9.07. The molecule has 0 bridgehead atoms. The van der Waals surface area contributed by atoms with Gasteiger partial charge in [0.1, 0.15) is 0 Å². The van der Waals surface area contributed by atoms with E-state index in [1.807, 2.05) is 13.1 Å². The molecule has 66 valence electrons. The van der Waals surface area contributed by atoms with Crippen molar-refractivity contribution in [1.82, 2.24) is 5.32 Å². The molecule has 0 atom stereocenters. The molecule has 0 spiro atoms. The van der Waals surface area contributed by atoms with Gasteiger partial charge >= 0.3 is 0 Å². The maximum atomic E-state index is 4.97. The number of hydrogen-bond acceptors (Lipinski definition) is 2. The predicted octanol–water partition coefficient (Wildman–Crippen LogP) is 2.29. The number of furan rings is 1. The van der Waals surface area contributed by atoms with Gasteiger partial charge in [0.05, 0.1) is 12.5 Å². The summed E-state index contributed by atoms with van der Waals surface area (Å²) in [4.78, 5) is 0. The van der Waals surface area contributed by atoms with Gasteiger partial charge in [-0.3, -0.25) is 0 Å². The first-order valence-corrected chi connectivity index (χ1v) is 4.23. The lowest BCUT2D eigenvalue weighted by Crippen LogP contribution is -2.09. The standard InChI is InChI=1S/C10H15NO/c1-3-9(7-11-2)6-10-4-5-12-8-10/h4-6,8,11H,3,7H2,1-2H3. The zero-order chi connectivity index (χ0) is 8.81. The fourth-order valence-corrected chi connectivity index (χ4v) is 1.10. The normalized spacial score (nSPS) is 12.0. The Bertz CT molecular complexity index is 236. The maximum absolute atomic E-state index is 4.97. The average molecular weight is 165 g/mol. The Labute approximate surface area is 73.3 Å². The third kappa shape index (κ3) is 2.55. The molecule has 0 aliphatic rings. The highest BCUT2D eigenvalue weighted by Crippen LogP contribution is 2.08. The molecule has 2 nitrogen and oxygen atoms in total. The van der Waals surface area contributed by atoms with Crippen molar-refractivity contribution < 1.29 is 4.42 Å². The molecule has 0 fully saturated rings. The van der Waals surface area contributed by atoms with E-state index in [9.17, 15) is 0 Å². The second-order valence-electron chi connectivity index (χ2n) is 2.74. The lowest BCUT2D eigenvalue weighted by atomic mass is 10.1. The fourth-order valence-electron chi connectivity index (χ4n) is 1.10. The summed E-state index contributed by atoms with van der Waals surface area (Å²) < 4.78 is 4.97. The Kier molecular flexibility index (Phi) is 3.61. The van der Waals surface area contributed by atoms with Gasteiger partial charge in [-0.1, -0.05) is 18.6 Å². The Morgan fingerprint density at radius 1 is 1.67 bits per heavy atom. The molecule has 0 aromatic carbocycles. The molecule has 0 radical (unpaired) electrons. The average Bonchev–Trinajstić information content (AvgIpc) is 2.56. The summed E-state index contributed by atoms with van der Waals surface area (Å²) in [5, 5.41) is 3.13. The topological polar surface area (TPSA) is 25.2 Å². The van der Waals surface area contributed by atoms with Crippen LogP contribution in [0, 0.1) is 0 Å². The predicted molar refractivity (Wildman–Crippen MR) is 50.9 cm³/mol. The minimum absolute atomic E-state index is 0.946. The molecule has 1 N–H and O–H groups in total. The molecule has 0 unspecified atom stereocenters. The van der Waals surface area contributed by atoms with Crippen LogP contribution in [0.15, 0.2) is 28.6 Å². The van der Waals surface area contributed by atoms with Gasteiger partial charge in [-0.25, -0.2) is 0 Å². The van der Waals surface area contributed by atoms with Crippen LogP contribution in [0.3, 0.4) is 0 Å². The number of nitrogens with one attached hydrogen (secondary N) is 1. The smallest absolute Gasteiger partial charge is 0.0974 e. The van der Waals surface area contributed by atoms with Crippen LogP contribution in [0.4, 0.5) is 0 Å². The summed E-state index contributed by atoms with van der Waals surface area (Å²) in [5.41, 5.74) is 2.53. The van der Waals surface area contributed by atoms with Crippen LogP contribution in [0.2, 0.25) is 0 Å². The largest absolute Gasteiger partial charge is 0.472 e. The zero-order valence-electron chi connectivity index (χ0n) is 7.63. The molecule has 0 aliphatic heterocycles. The van der Waals surface area contributed by atoms with Crippen molar-refractivity contribution in [3.05, 3.63) is 29.7 Å². The van der Waals surface area contributed by atoms with Crippen LogP contribution in [0.5, 0.6) is 0 Å². The molecule has 0 amide bonds. The van der Waals surface area contributed by atoms with Crippen LogP contribution in [0.1, 0.15) is 18.9 Å². The molecule has 1 rings (SSSR count). The summed E-state index contributed by atoms with van der Waals surface area (Å²) in [6.45, 7) is 3.10. The van der Waals surface area contributed by atoms with E-state index in [4.69, 9.17) is 4.42 Å². The lowest BCUT2D eigenvalue weighted by molar-refractivity contribution is 0.566. The maximum Gasteiger partial charge on any atom is 0.0974 e. The summed E-state index contributed by atoms with van der Waals surface area (Å²) in [6, 6.07) is 1.96. The lowest BCUT2D eigenvalue weighted by Gasteiger charge is -2.01. The minimum atomic E-state index is 0.946. The van der Waals surface area contributed by atoms with E-state index in [1.54, 1.807) is 12.5 Å². The van der Waals surface area contributed by atoms with Gasteiger partial charge in [-0.05, 0) is 19.5 Å². The summed E-state index contributed by atoms with van der Waals surface area (Å²) in [6.07, 6.45) is 6.68. The van der Waals surface area contributed by atoms with Crippen LogP contribution in [-0.4, -0.2) is 13.6 Å². The van der Waals surface area contributed by atoms with E-state index >= 15 is 0 Å². The third-order valence-corrected chi connectivity index (χ3v) is 1.77. The van der Waals surface area contributed by atoms with Crippen molar-refractivity contribution >= 4 is 6.08 Å². The van der Waals surface area contributed by atoms with Crippen LogP contribution in [-0.2, 0) is 0 Å². The van der Waals surface area contributed by atoms with Gasteiger partial charge in [0.15, 0.2) is 0 Å². The molecule has 12 heavy (non-hydrogen) atoms. The second kappa shape index (κ2) is 4.78. The molecule has 0 saturated heterocycles. The Morgan fingerprint density at radius 3 is 3.00 bits per heavy atom. The highest BCUT2D eigenvalue weighted by atomic mass is 16.3. The number of hydrogen-bond donors (Lipinski definition) is 1. The van der Waals surface area contributed by atoms with Crippen molar-refractivity contribution in [2.75, 3.05) is 13.6 Å². The van der Waals surface area contributed by atoms with Gasteiger partial charge in [0.2, 0.25) is 0 Å². The van der Waals surface area contributed by atoms with Crippen molar-refractivity contribution in [2.24, 2.45) is 0 Å². The first-order valence-electron chi connectivity index (χ1n) is 4.23. The van der Waals surface area contributed by atoms with Crippen LogP contribution < -0.4 is 5.32 Å². The fraction of sp³-hybridized carbons (Fsp3) is 0.400. The van der Waals surface area contributed by atoms with E-state index < -0.39 is 0 Å². The summed E-state index contributed by atoms with van der Waals surface area (Å²) in [5.74, 6) is 0. The van der Waals surface area contributed by atoms with E-state index in [-0.39, 0.29) is 0 Å². The van der Waals surface area contributed by atoms with E-state index in [0.717, 1.165) is 18.5 Å². The van der Waals surface area contributed by atoms with E-state index in [1.165, 1.54) is 5.57 Å². The molecular formula is C10H15NO.